The van der Waals surface area contributed by atoms with Gasteiger partial charge in [-0.1, -0.05) is 18.2 Å². The van der Waals surface area contributed by atoms with E-state index in [1.165, 1.54) is 44.6 Å². The highest BCUT2D eigenvalue weighted by atomic mass is 16.6. The fraction of sp³-hybridized carbons (Fsp3) is 0.0909. The summed E-state index contributed by atoms with van der Waals surface area (Å²) in [5, 5.41) is 10.4. The van der Waals surface area contributed by atoms with Gasteiger partial charge in [0.25, 0.3) is 0 Å². The third kappa shape index (κ3) is 4.65. The minimum Gasteiger partial charge on any atom is -0.502 e. The van der Waals surface area contributed by atoms with Gasteiger partial charge >= 0.3 is 11.9 Å². The van der Waals surface area contributed by atoms with E-state index in [1.54, 1.807) is 36.4 Å². The van der Waals surface area contributed by atoms with Crippen LogP contribution in [-0.2, 0) is 0 Å². The molecule has 0 saturated heterocycles. The molecule has 0 saturated carbocycles. The normalized spacial score (nSPS) is 10.1. The van der Waals surface area contributed by atoms with E-state index in [0.717, 1.165) is 0 Å². The summed E-state index contributed by atoms with van der Waals surface area (Å²) in [6, 6.07) is 17.0. The summed E-state index contributed by atoms with van der Waals surface area (Å²) < 4.78 is 20.6. The maximum Gasteiger partial charge on any atom is 0.343 e. The number of aromatic hydroxyl groups is 1. The Labute approximate surface area is 167 Å². The monoisotopic (exact) mass is 394 g/mol. The summed E-state index contributed by atoms with van der Waals surface area (Å²) in [5.74, 6) is -1.18. The fourth-order valence-corrected chi connectivity index (χ4v) is 2.48. The Balaban J connectivity index is 1.78. The first kappa shape index (κ1) is 19.8. The first-order valence-corrected chi connectivity index (χ1v) is 8.56. The molecule has 3 aromatic carbocycles. The molecule has 0 aliphatic rings. The zero-order chi connectivity index (χ0) is 20.8. The second kappa shape index (κ2) is 8.79. The highest BCUT2D eigenvalue weighted by Gasteiger charge is 2.18. The first-order valence-electron chi connectivity index (χ1n) is 8.56. The largest absolute Gasteiger partial charge is 0.502 e. The molecule has 0 spiro atoms. The smallest absolute Gasteiger partial charge is 0.343 e. The average Bonchev–Trinajstić information content (AvgIpc) is 2.76. The second-order valence-corrected chi connectivity index (χ2v) is 5.85. The molecule has 0 fully saturated rings. The van der Waals surface area contributed by atoms with Gasteiger partial charge < -0.3 is 24.1 Å². The second-order valence-electron chi connectivity index (χ2n) is 5.85. The van der Waals surface area contributed by atoms with E-state index in [2.05, 4.69) is 0 Å². The van der Waals surface area contributed by atoms with Crippen LogP contribution in [0.25, 0.3) is 0 Å². The summed E-state index contributed by atoms with van der Waals surface area (Å²) in [7, 11) is 2.97. The zero-order valence-electron chi connectivity index (χ0n) is 15.7. The summed E-state index contributed by atoms with van der Waals surface area (Å²) >= 11 is 0. The number of carbonyl (C=O) groups excluding carboxylic acids is 2. The van der Waals surface area contributed by atoms with E-state index in [-0.39, 0.29) is 22.6 Å². The van der Waals surface area contributed by atoms with Gasteiger partial charge in [0.1, 0.15) is 11.5 Å². The van der Waals surface area contributed by atoms with Gasteiger partial charge in [-0.2, -0.15) is 0 Å². The number of hydrogen-bond donors (Lipinski definition) is 1. The van der Waals surface area contributed by atoms with Crippen molar-refractivity contribution < 1.29 is 33.6 Å². The van der Waals surface area contributed by atoms with Crippen LogP contribution in [0.1, 0.15) is 20.7 Å². The van der Waals surface area contributed by atoms with E-state index in [9.17, 15) is 14.7 Å². The highest BCUT2D eigenvalue weighted by molar-refractivity contribution is 5.93. The van der Waals surface area contributed by atoms with Crippen molar-refractivity contribution in [2.45, 2.75) is 0 Å². The van der Waals surface area contributed by atoms with Crippen LogP contribution in [0.3, 0.4) is 0 Å². The molecule has 7 nitrogen and oxygen atoms in total. The van der Waals surface area contributed by atoms with Crippen molar-refractivity contribution in [1.29, 1.82) is 0 Å². The van der Waals surface area contributed by atoms with Crippen molar-refractivity contribution in [3.8, 4) is 28.7 Å². The number of carbonyl (C=O) groups is 2. The molecule has 0 aliphatic carbocycles. The van der Waals surface area contributed by atoms with Crippen molar-refractivity contribution in [2.24, 2.45) is 0 Å². The van der Waals surface area contributed by atoms with Gasteiger partial charge in [-0.15, -0.1) is 0 Å². The molecular formula is C22H18O7. The number of phenols is 1. The van der Waals surface area contributed by atoms with Crippen molar-refractivity contribution in [3.05, 3.63) is 77.9 Å². The molecule has 3 rings (SSSR count). The van der Waals surface area contributed by atoms with Crippen molar-refractivity contribution in [2.75, 3.05) is 14.2 Å². The molecule has 0 aromatic heterocycles. The number of phenolic OH excluding ortho intramolecular Hbond substituents is 1. The highest BCUT2D eigenvalue weighted by Crippen LogP contribution is 2.36. The van der Waals surface area contributed by atoms with Gasteiger partial charge in [0.2, 0.25) is 5.75 Å². The topological polar surface area (TPSA) is 91.3 Å². The van der Waals surface area contributed by atoms with Gasteiger partial charge in [-0.25, -0.2) is 9.59 Å². The molecule has 0 radical (unpaired) electrons. The lowest BCUT2D eigenvalue weighted by Gasteiger charge is -2.11. The van der Waals surface area contributed by atoms with Crippen LogP contribution in [-0.4, -0.2) is 31.3 Å². The minimum atomic E-state index is -0.699. The van der Waals surface area contributed by atoms with E-state index in [4.69, 9.17) is 18.9 Å². The maximum absolute atomic E-state index is 12.3. The predicted octanol–water partition coefficient (Wildman–Crippen LogP) is 3.85. The van der Waals surface area contributed by atoms with Crippen LogP contribution in [0.5, 0.6) is 28.7 Å². The van der Waals surface area contributed by atoms with E-state index in [1.807, 2.05) is 0 Å². The van der Waals surface area contributed by atoms with Gasteiger partial charge in [0.15, 0.2) is 11.5 Å². The Kier molecular flexibility index (Phi) is 5.99. The Morgan fingerprint density at radius 1 is 0.690 bits per heavy atom. The zero-order valence-corrected chi connectivity index (χ0v) is 15.7. The third-order valence-electron chi connectivity index (χ3n) is 3.98. The summed E-state index contributed by atoms with van der Waals surface area (Å²) in [5.41, 5.74) is 0.477. The van der Waals surface area contributed by atoms with Gasteiger partial charge in [-0.3, -0.25) is 0 Å². The molecule has 29 heavy (non-hydrogen) atoms. The molecule has 0 unspecified atom stereocenters. The number of methoxy groups -OCH3 is 2. The molecule has 1 N–H and O–H groups in total. The third-order valence-corrected chi connectivity index (χ3v) is 3.98. The molecule has 0 heterocycles. The summed E-state index contributed by atoms with van der Waals surface area (Å²) in [6.45, 7) is 0. The number of ether oxygens (including phenoxy) is 4. The van der Waals surface area contributed by atoms with Crippen LogP contribution in [0.4, 0.5) is 0 Å². The van der Waals surface area contributed by atoms with E-state index in [0.29, 0.717) is 11.5 Å². The van der Waals surface area contributed by atoms with Crippen LogP contribution < -0.4 is 18.9 Å². The number of esters is 2. The lowest BCUT2D eigenvalue weighted by molar-refractivity contribution is 0.0722. The van der Waals surface area contributed by atoms with Crippen LogP contribution in [0.15, 0.2) is 66.7 Å². The molecule has 0 bridgehead atoms. The van der Waals surface area contributed by atoms with E-state index >= 15 is 0 Å². The molecule has 0 amide bonds. The van der Waals surface area contributed by atoms with Crippen molar-refractivity contribution >= 4 is 11.9 Å². The fourth-order valence-electron chi connectivity index (χ4n) is 2.48. The SMILES string of the molecule is COc1cccc(C(=O)Oc2cccc(OC(=O)c3cccc(OC)c3)c2O)c1. The van der Waals surface area contributed by atoms with Crippen LogP contribution in [0, 0.1) is 0 Å². The lowest BCUT2D eigenvalue weighted by atomic mass is 10.2. The van der Waals surface area contributed by atoms with Crippen LogP contribution >= 0.6 is 0 Å². The average molecular weight is 394 g/mol. The number of benzene rings is 3. The molecule has 0 aliphatic heterocycles. The van der Waals surface area contributed by atoms with Crippen molar-refractivity contribution in [1.82, 2.24) is 0 Å². The van der Waals surface area contributed by atoms with Gasteiger partial charge in [0.05, 0.1) is 25.3 Å². The standard InChI is InChI=1S/C22H18O7/c1-26-16-8-3-6-14(12-16)21(24)28-18-10-5-11-19(20(18)23)29-22(25)15-7-4-9-17(13-15)27-2/h3-13,23H,1-2H3. The Morgan fingerprint density at radius 2 is 1.10 bits per heavy atom. The summed E-state index contributed by atoms with van der Waals surface area (Å²) in [6.07, 6.45) is 0. The quantitative estimate of drug-likeness (QED) is 0.502. The predicted molar refractivity (Wildman–Crippen MR) is 104 cm³/mol. The molecule has 148 valence electrons. The van der Waals surface area contributed by atoms with Crippen LogP contribution in [0.2, 0.25) is 0 Å². The Hall–Kier alpha value is -4.00. The minimum absolute atomic E-state index is 0.145. The van der Waals surface area contributed by atoms with Crippen molar-refractivity contribution in [3.63, 3.8) is 0 Å². The van der Waals surface area contributed by atoms with E-state index < -0.39 is 17.7 Å². The maximum atomic E-state index is 12.3. The Bertz CT molecular complexity index is 963. The molecule has 0 atom stereocenters. The molecule has 3 aromatic rings. The number of para-hydroxylation sites is 1. The summed E-state index contributed by atoms with van der Waals surface area (Å²) in [4.78, 5) is 24.7. The molecule has 7 heteroatoms. The number of hydrogen-bond acceptors (Lipinski definition) is 7. The van der Waals surface area contributed by atoms with Gasteiger partial charge in [0, 0.05) is 0 Å². The first-order chi connectivity index (χ1) is 14.0. The number of rotatable bonds is 6. The Morgan fingerprint density at radius 3 is 1.52 bits per heavy atom. The molecular weight excluding hydrogens is 376 g/mol. The lowest BCUT2D eigenvalue weighted by Crippen LogP contribution is -2.11. The van der Waals surface area contributed by atoms with Gasteiger partial charge in [-0.05, 0) is 48.5 Å².